The van der Waals surface area contributed by atoms with Crippen LogP contribution in [0.2, 0.25) is 0 Å². The van der Waals surface area contributed by atoms with Crippen LogP contribution in [0.3, 0.4) is 0 Å². The number of aryl methyl sites for hydroxylation is 3. The third kappa shape index (κ3) is 5.34. The average Bonchev–Trinajstić information content (AvgIpc) is 2.75. The van der Waals surface area contributed by atoms with Crippen molar-refractivity contribution in [3.05, 3.63) is 64.5 Å². The molecule has 0 saturated carbocycles. The zero-order valence-electron chi connectivity index (χ0n) is 18.7. The number of hydrogen-bond acceptors (Lipinski definition) is 3. The van der Waals surface area contributed by atoms with E-state index in [4.69, 9.17) is 4.98 Å². The third-order valence-electron chi connectivity index (χ3n) is 7.01. The first-order valence-electron chi connectivity index (χ1n) is 11.7. The zero-order valence-corrected chi connectivity index (χ0v) is 18.7. The van der Waals surface area contributed by atoms with E-state index in [1.54, 1.807) is 0 Å². The summed E-state index contributed by atoms with van der Waals surface area (Å²) < 4.78 is 27.0. The number of aliphatic carboxylic acids is 1. The summed E-state index contributed by atoms with van der Waals surface area (Å²) in [5.74, 6) is -2.78. The molecular weight excluding hydrogens is 410 g/mol. The van der Waals surface area contributed by atoms with E-state index in [1.165, 1.54) is 35.9 Å². The van der Waals surface area contributed by atoms with Gasteiger partial charge in [0.25, 0.3) is 0 Å². The number of carbonyl (C=O) groups is 1. The Morgan fingerprint density at radius 2 is 1.91 bits per heavy atom. The highest BCUT2D eigenvalue weighted by Gasteiger charge is 2.42. The van der Waals surface area contributed by atoms with E-state index in [0.29, 0.717) is 5.56 Å². The van der Waals surface area contributed by atoms with Gasteiger partial charge in [0.15, 0.2) is 11.6 Å². The number of hydrogen-bond donors (Lipinski definition) is 1. The van der Waals surface area contributed by atoms with Crippen molar-refractivity contribution in [3.8, 4) is 0 Å². The number of unbranched alkanes of at least 4 members (excludes halogenated alkanes) is 1. The maximum absolute atomic E-state index is 13.7. The minimum absolute atomic E-state index is 0.120. The lowest BCUT2D eigenvalue weighted by Crippen LogP contribution is -2.56. The van der Waals surface area contributed by atoms with E-state index < -0.39 is 23.6 Å². The van der Waals surface area contributed by atoms with Crippen molar-refractivity contribution in [2.45, 2.75) is 70.8 Å². The minimum Gasteiger partial charge on any atom is -0.481 e. The van der Waals surface area contributed by atoms with E-state index in [-0.39, 0.29) is 11.8 Å². The Morgan fingerprint density at radius 3 is 2.66 bits per heavy atom. The fourth-order valence-electron chi connectivity index (χ4n) is 5.28. The topological polar surface area (TPSA) is 53.4 Å². The Hall–Kier alpha value is -2.34. The Balaban J connectivity index is 1.28. The first-order chi connectivity index (χ1) is 15.3. The number of nitrogens with zero attached hydrogens (tertiary/aromatic N) is 2. The number of rotatable bonds is 9. The van der Waals surface area contributed by atoms with Crippen molar-refractivity contribution in [1.82, 2.24) is 9.88 Å². The second-order valence-corrected chi connectivity index (χ2v) is 9.83. The Labute approximate surface area is 188 Å². The molecule has 0 radical (unpaired) electrons. The molecule has 1 aromatic heterocycles. The summed E-state index contributed by atoms with van der Waals surface area (Å²) in [7, 11) is 0. The molecule has 2 heterocycles. The quantitative estimate of drug-likeness (QED) is 0.522. The molecule has 0 amide bonds. The number of carboxylic acids is 1. The van der Waals surface area contributed by atoms with Gasteiger partial charge in [0.1, 0.15) is 0 Å². The molecule has 1 N–H and O–H groups in total. The molecule has 1 saturated heterocycles. The zero-order chi connectivity index (χ0) is 22.7. The van der Waals surface area contributed by atoms with Gasteiger partial charge in [-0.3, -0.25) is 14.7 Å². The summed E-state index contributed by atoms with van der Waals surface area (Å²) >= 11 is 0. The van der Waals surface area contributed by atoms with Gasteiger partial charge in [-0.25, -0.2) is 8.78 Å². The average molecular weight is 443 g/mol. The maximum Gasteiger partial charge on any atom is 0.305 e. The van der Waals surface area contributed by atoms with Gasteiger partial charge in [-0.1, -0.05) is 25.5 Å². The van der Waals surface area contributed by atoms with Crippen molar-refractivity contribution < 1.29 is 18.7 Å². The second kappa shape index (κ2) is 9.65. The molecule has 1 aromatic carbocycles. The fourth-order valence-corrected chi connectivity index (χ4v) is 5.28. The minimum atomic E-state index is -0.939. The van der Waals surface area contributed by atoms with Crippen LogP contribution in [-0.2, 0) is 24.1 Å². The molecule has 4 nitrogen and oxygen atoms in total. The SMILES string of the molecule is CC1(CCCCc2ccc3c(n2)CCCC3)CN([C@@H](CC(=O)O)c2ccc(F)c(F)c2)C1. The van der Waals surface area contributed by atoms with Crippen LogP contribution in [0.1, 0.15) is 74.0 Å². The molecular formula is C26H32F2N2O2. The van der Waals surface area contributed by atoms with Gasteiger partial charge >= 0.3 is 5.97 Å². The molecule has 32 heavy (non-hydrogen) atoms. The largest absolute Gasteiger partial charge is 0.481 e. The predicted octanol–water partition coefficient (Wildman–Crippen LogP) is 5.49. The molecule has 2 aliphatic rings. The first kappa shape index (κ1) is 22.8. The normalized spacial score (nSPS) is 18.6. The number of fused-ring (bicyclic) bond motifs is 1. The Morgan fingerprint density at radius 1 is 1.12 bits per heavy atom. The molecule has 0 unspecified atom stereocenters. The molecule has 1 aliphatic carbocycles. The third-order valence-corrected chi connectivity index (χ3v) is 7.01. The summed E-state index contributed by atoms with van der Waals surface area (Å²) in [5, 5.41) is 9.32. The number of likely N-dealkylation sites (tertiary alicyclic amines) is 1. The van der Waals surface area contributed by atoms with Gasteiger partial charge in [0.2, 0.25) is 0 Å². The maximum atomic E-state index is 13.7. The van der Waals surface area contributed by atoms with Crippen molar-refractivity contribution >= 4 is 5.97 Å². The molecule has 0 spiro atoms. The highest BCUT2D eigenvalue weighted by atomic mass is 19.2. The van der Waals surface area contributed by atoms with Crippen molar-refractivity contribution in [3.63, 3.8) is 0 Å². The van der Waals surface area contributed by atoms with Gasteiger partial charge in [-0.05, 0) is 79.7 Å². The first-order valence-corrected chi connectivity index (χ1v) is 11.7. The van der Waals surface area contributed by atoms with Gasteiger partial charge in [-0.15, -0.1) is 0 Å². The highest BCUT2D eigenvalue weighted by molar-refractivity contribution is 5.68. The lowest BCUT2D eigenvalue weighted by molar-refractivity contribution is -0.140. The molecule has 172 valence electrons. The van der Waals surface area contributed by atoms with Crippen molar-refractivity contribution in [1.29, 1.82) is 0 Å². The number of pyridine rings is 1. The van der Waals surface area contributed by atoms with E-state index in [1.807, 2.05) is 0 Å². The van der Waals surface area contributed by atoms with Crippen LogP contribution in [0.15, 0.2) is 30.3 Å². The summed E-state index contributed by atoms with van der Waals surface area (Å²) in [6.45, 7) is 3.76. The molecule has 0 bridgehead atoms. The Bertz CT molecular complexity index is 972. The number of benzene rings is 1. The molecule has 6 heteroatoms. The standard InChI is InChI=1S/C26H32F2N2O2/c1-26(13-5-4-7-20-11-9-18-6-2-3-8-23(18)29-20)16-30(17-26)24(15-25(31)32)19-10-12-21(27)22(28)14-19/h9-12,14,24H,2-8,13,15-17H2,1H3,(H,31,32)/t24-/m0/s1. The fraction of sp³-hybridized carbons (Fsp3) is 0.538. The molecule has 1 fully saturated rings. The number of carboxylic acid groups (broad SMARTS) is 1. The number of aromatic nitrogens is 1. The monoisotopic (exact) mass is 442 g/mol. The molecule has 4 rings (SSSR count). The second-order valence-electron chi connectivity index (χ2n) is 9.83. The summed E-state index contributed by atoms with van der Waals surface area (Å²) in [6, 6.07) is 7.69. The van der Waals surface area contributed by atoms with E-state index >= 15 is 0 Å². The van der Waals surface area contributed by atoms with Crippen molar-refractivity contribution in [2.24, 2.45) is 5.41 Å². The predicted molar refractivity (Wildman–Crippen MR) is 119 cm³/mol. The summed E-state index contributed by atoms with van der Waals surface area (Å²) in [4.78, 5) is 18.3. The van der Waals surface area contributed by atoms with Gasteiger partial charge < -0.3 is 5.11 Å². The highest BCUT2D eigenvalue weighted by Crippen LogP contribution is 2.41. The lowest BCUT2D eigenvalue weighted by atomic mass is 9.75. The van der Waals surface area contributed by atoms with Gasteiger partial charge in [-0.2, -0.15) is 0 Å². The van der Waals surface area contributed by atoms with E-state index in [0.717, 1.165) is 63.7 Å². The van der Waals surface area contributed by atoms with Crippen LogP contribution >= 0.6 is 0 Å². The molecule has 2 aromatic rings. The van der Waals surface area contributed by atoms with Crippen molar-refractivity contribution in [2.75, 3.05) is 13.1 Å². The smallest absolute Gasteiger partial charge is 0.305 e. The Kier molecular flexibility index (Phi) is 6.89. The molecule has 1 atom stereocenters. The van der Waals surface area contributed by atoms with Gasteiger partial charge in [0, 0.05) is 30.5 Å². The van der Waals surface area contributed by atoms with Crippen LogP contribution in [0.5, 0.6) is 0 Å². The summed E-state index contributed by atoms with van der Waals surface area (Å²) in [6.07, 6.45) is 8.89. The summed E-state index contributed by atoms with van der Waals surface area (Å²) in [5.41, 5.74) is 4.53. The lowest BCUT2D eigenvalue weighted by Gasteiger charge is -2.52. The van der Waals surface area contributed by atoms with Crippen LogP contribution in [0.4, 0.5) is 8.78 Å². The van der Waals surface area contributed by atoms with E-state index in [9.17, 15) is 18.7 Å². The number of halogens is 2. The van der Waals surface area contributed by atoms with Crippen LogP contribution in [-0.4, -0.2) is 34.0 Å². The van der Waals surface area contributed by atoms with Crippen LogP contribution < -0.4 is 0 Å². The van der Waals surface area contributed by atoms with Gasteiger partial charge in [0.05, 0.1) is 6.42 Å². The molecule has 1 aliphatic heterocycles. The van der Waals surface area contributed by atoms with Crippen LogP contribution in [0.25, 0.3) is 0 Å². The van der Waals surface area contributed by atoms with E-state index in [2.05, 4.69) is 24.0 Å². The van der Waals surface area contributed by atoms with Crippen LogP contribution in [0, 0.1) is 17.0 Å².